The molecule has 8 atom stereocenters. The Hall–Kier alpha value is -6.04. The van der Waals surface area contributed by atoms with Crippen LogP contribution in [0.2, 0.25) is 0 Å². The van der Waals surface area contributed by atoms with E-state index in [-0.39, 0.29) is 74.6 Å². The molecular formula is C51H85N12O11+. The number of amides is 4. The first-order valence-electron chi connectivity index (χ1n) is 26.0. The SMILES string of the molecule is CC[N+]1=CC(CCC(=O)C[C@@H](CCCCN)C(=O)NCC(=O)C[C@H](C(=O)N[C@@H](CO)C(=O)C[C@@H](CCCCN)C(=O)N[C@@H](CO)C(=O)C[C@@H](Cc2ccc(O)cc2)C(=O)N[C@H](C)CCCN=C(N)N)C(C)C)N=N1. The van der Waals surface area contributed by atoms with E-state index in [1.54, 1.807) is 37.6 Å². The highest BCUT2D eigenvalue weighted by Crippen LogP contribution is 2.22. The number of unbranched alkanes of at least 4 members (excludes halogenated alkanes) is 2. The molecule has 1 aromatic rings. The molecule has 2 rings (SSSR count). The Balaban J connectivity index is 2.12. The van der Waals surface area contributed by atoms with Crippen molar-refractivity contribution in [1.29, 1.82) is 0 Å². The van der Waals surface area contributed by atoms with Crippen LogP contribution in [-0.4, -0.2) is 149 Å². The predicted octanol–water partition coefficient (Wildman–Crippen LogP) is 0.412. The number of benzene rings is 1. The van der Waals surface area contributed by atoms with E-state index in [0.29, 0.717) is 76.6 Å². The van der Waals surface area contributed by atoms with Crippen LogP contribution >= 0.6 is 0 Å². The second kappa shape index (κ2) is 35.2. The zero-order valence-electron chi connectivity index (χ0n) is 43.8. The maximum Gasteiger partial charge on any atom is 0.224 e. The normalized spacial score (nSPS) is 15.9. The van der Waals surface area contributed by atoms with Crippen LogP contribution in [0.25, 0.3) is 0 Å². The van der Waals surface area contributed by atoms with Crippen LogP contribution in [0.1, 0.15) is 123 Å². The third-order valence-corrected chi connectivity index (χ3v) is 12.9. The van der Waals surface area contributed by atoms with Gasteiger partial charge in [-0.15, -0.1) is 4.68 Å². The molecule has 0 aliphatic carbocycles. The summed E-state index contributed by atoms with van der Waals surface area (Å²) < 4.78 is 1.69. The van der Waals surface area contributed by atoms with Gasteiger partial charge in [0, 0.05) is 79.9 Å². The van der Waals surface area contributed by atoms with Crippen LogP contribution in [0.15, 0.2) is 39.6 Å². The summed E-state index contributed by atoms with van der Waals surface area (Å²) in [5.74, 6) is -8.50. The largest absolute Gasteiger partial charge is 0.508 e. The van der Waals surface area contributed by atoms with Gasteiger partial charge in [0.15, 0.2) is 23.3 Å². The molecule has 23 nitrogen and oxygen atoms in total. The lowest BCUT2D eigenvalue weighted by Crippen LogP contribution is -2.50. The van der Waals surface area contributed by atoms with Gasteiger partial charge in [-0.1, -0.05) is 38.8 Å². The highest BCUT2D eigenvalue weighted by molar-refractivity contribution is 5.97. The molecule has 0 bridgehead atoms. The number of nitrogens with zero attached hydrogens (tertiary/aromatic N) is 4. The number of aliphatic hydroxyl groups is 2. The number of phenolic OH excluding ortho intramolecular Hbond substituents is 1. The van der Waals surface area contributed by atoms with Gasteiger partial charge < -0.3 is 59.5 Å². The monoisotopic (exact) mass is 1040 g/mol. The summed E-state index contributed by atoms with van der Waals surface area (Å²) in [6.07, 6.45) is 5.14. The summed E-state index contributed by atoms with van der Waals surface area (Å²) in [5.41, 5.74) is 22.8. The van der Waals surface area contributed by atoms with Crippen molar-refractivity contribution in [2.45, 2.75) is 148 Å². The minimum absolute atomic E-state index is 0.00972. The number of guanidine groups is 1. The minimum Gasteiger partial charge on any atom is -0.508 e. The first kappa shape index (κ1) is 64.1. The van der Waals surface area contributed by atoms with E-state index in [4.69, 9.17) is 22.9 Å². The molecule has 1 aliphatic heterocycles. The van der Waals surface area contributed by atoms with Crippen LogP contribution in [-0.2, 0) is 44.8 Å². The number of carbonyl (C=O) groups excluding carboxylic acids is 8. The second-order valence-electron chi connectivity index (χ2n) is 19.5. The lowest BCUT2D eigenvalue weighted by atomic mass is 9.88. The van der Waals surface area contributed by atoms with Crippen molar-refractivity contribution < 1.29 is 58.4 Å². The second-order valence-corrected chi connectivity index (χ2v) is 19.5. The topological polar surface area (TPSA) is 390 Å². The third-order valence-electron chi connectivity index (χ3n) is 12.9. The average Bonchev–Trinajstić information content (AvgIpc) is 3.84. The van der Waals surface area contributed by atoms with Crippen LogP contribution in [0.5, 0.6) is 5.75 Å². The van der Waals surface area contributed by atoms with Gasteiger partial charge in [0.05, 0.1) is 19.8 Å². The van der Waals surface area contributed by atoms with Crippen LogP contribution in [0, 0.1) is 29.6 Å². The quantitative estimate of drug-likeness (QED) is 0.0184. The van der Waals surface area contributed by atoms with E-state index in [1.165, 1.54) is 12.1 Å². The molecule has 0 spiro atoms. The van der Waals surface area contributed by atoms with E-state index in [9.17, 15) is 53.7 Å². The Bertz CT molecular complexity index is 2060. The molecular weight excluding hydrogens is 957 g/mol. The third kappa shape index (κ3) is 24.8. The summed E-state index contributed by atoms with van der Waals surface area (Å²) in [6.45, 7) is 6.78. The van der Waals surface area contributed by atoms with Crippen molar-refractivity contribution in [2.24, 2.45) is 67.9 Å². The van der Waals surface area contributed by atoms with Crippen molar-refractivity contribution >= 4 is 58.9 Å². The van der Waals surface area contributed by atoms with Gasteiger partial charge in [0.1, 0.15) is 41.6 Å². The van der Waals surface area contributed by atoms with E-state index in [1.807, 2.05) is 13.1 Å². The van der Waals surface area contributed by atoms with E-state index in [2.05, 4.69) is 36.6 Å². The molecule has 1 unspecified atom stereocenters. The van der Waals surface area contributed by atoms with Crippen molar-refractivity contribution in [1.82, 2.24) is 21.3 Å². The average molecular weight is 1040 g/mol. The first-order chi connectivity index (χ1) is 35.2. The van der Waals surface area contributed by atoms with E-state index in [0.717, 1.165) is 0 Å². The lowest BCUT2D eigenvalue weighted by Gasteiger charge is -2.25. The molecule has 1 aromatic carbocycles. The number of hydrogen-bond acceptors (Lipinski definition) is 16. The number of Topliss-reactive ketones (excluding diaryl/α,β-unsaturated/α-hetero) is 4. The summed E-state index contributed by atoms with van der Waals surface area (Å²) in [5, 5.41) is 49.3. The predicted molar refractivity (Wildman–Crippen MR) is 278 cm³/mol. The Morgan fingerprint density at radius 2 is 1.27 bits per heavy atom. The fourth-order valence-electron chi connectivity index (χ4n) is 8.39. The zero-order chi connectivity index (χ0) is 55.2. The maximum atomic E-state index is 13.9. The fraction of sp³-hybridized carbons (Fsp3) is 0.686. The number of hydrogen-bond donors (Lipinski definition) is 11. The smallest absolute Gasteiger partial charge is 0.224 e. The molecule has 4 amide bonds. The van der Waals surface area contributed by atoms with Gasteiger partial charge >= 0.3 is 0 Å². The van der Waals surface area contributed by atoms with Gasteiger partial charge in [-0.25, -0.2) is 0 Å². The summed E-state index contributed by atoms with van der Waals surface area (Å²) in [4.78, 5) is 112. The molecule has 0 aromatic heterocycles. The highest BCUT2D eigenvalue weighted by atomic mass is 16.3. The van der Waals surface area contributed by atoms with E-state index >= 15 is 0 Å². The molecule has 15 N–H and O–H groups in total. The molecule has 0 saturated carbocycles. The number of rotatable bonds is 40. The molecule has 23 heteroatoms. The number of ketones is 4. The van der Waals surface area contributed by atoms with Crippen molar-refractivity contribution in [3.63, 3.8) is 0 Å². The van der Waals surface area contributed by atoms with Crippen LogP contribution < -0.4 is 44.2 Å². The number of carbonyl (C=O) groups is 8. The molecule has 1 aliphatic rings. The lowest BCUT2D eigenvalue weighted by molar-refractivity contribution is -0.528. The number of nitrogens with one attached hydrogen (secondary N) is 4. The molecule has 0 radical (unpaired) electrons. The molecule has 1 heterocycles. The van der Waals surface area contributed by atoms with Gasteiger partial charge in [0.2, 0.25) is 29.7 Å². The Morgan fingerprint density at radius 1 is 0.703 bits per heavy atom. The Kier molecular flexibility index (Phi) is 30.5. The highest BCUT2D eigenvalue weighted by Gasteiger charge is 2.34. The number of aromatic hydroxyl groups is 1. The van der Waals surface area contributed by atoms with Gasteiger partial charge in [0.25, 0.3) is 0 Å². The van der Waals surface area contributed by atoms with Crippen LogP contribution in [0.4, 0.5) is 0 Å². The standard InChI is InChI=1S/C51H84N12O11/c1-5-63-29-38(61-62-63)16-19-40(67)24-35(12-6-8-20-52)47(71)57-28-41(68)27-42(32(2)3)50(74)60-44(31-65)45(69)25-36(13-7-9-21-53)48(72)59-43(30-64)46(70)26-37(23-34-14-17-39(66)18-15-34)49(73)58-33(4)11-10-22-56-51(54)55/h14-15,17-18,29,32-33,35-38,42-44,64-65H,5-13,16,19-28,30-31,52-53H2,1-4H3,(H8-,54,55,56,57,58,59,60,66,71,72,73,74)/p+1/t33-,35-,36-,37-,38?,42+,43+,44+/m1/s1. The number of aliphatic imine (C=N–C) groups is 1. The maximum absolute atomic E-state index is 13.9. The van der Waals surface area contributed by atoms with Gasteiger partial charge in [-0.05, 0) is 95.5 Å². The van der Waals surface area contributed by atoms with Gasteiger partial charge in [-0.3, -0.25) is 43.3 Å². The first-order valence-corrected chi connectivity index (χ1v) is 26.0. The number of aliphatic hydroxyl groups excluding tert-OH is 2. The molecule has 0 saturated heterocycles. The van der Waals surface area contributed by atoms with Gasteiger partial charge in [-0.2, -0.15) is 0 Å². The molecule has 74 heavy (non-hydrogen) atoms. The summed E-state index contributed by atoms with van der Waals surface area (Å²) >= 11 is 0. The number of phenols is 1. The zero-order valence-corrected chi connectivity index (χ0v) is 43.8. The molecule has 0 fully saturated rings. The number of nitrogens with two attached hydrogens (primary N) is 4. The molecule has 414 valence electrons. The van der Waals surface area contributed by atoms with E-state index < -0.39 is 109 Å². The van der Waals surface area contributed by atoms with Crippen LogP contribution in [0.3, 0.4) is 0 Å². The fourth-order valence-corrected chi connectivity index (χ4v) is 8.39. The Labute approximate surface area is 434 Å². The summed E-state index contributed by atoms with van der Waals surface area (Å²) in [6, 6.07) is 2.65. The minimum atomic E-state index is -1.47. The Morgan fingerprint density at radius 3 is 1.81 bits per heavy atom. The summed E-state index contributed by atoms with van der Waals surface area (Å²) in [7, 11) is 0. The van der Waals surface area contributed by atoms with Crippen molar-refractivity contribution in [3.8, 4) is 5.75 Å². The van der Waals surface area contributed by atoms with Crippen molar-refractivity contribution in [3.05, 3.63) is 29.8 Å². The van der Waals surface area contributed by atoms with Crippen molar-refractivity contribution in [2.75, 3.05) is 45.9 Å².